The Kier molecular flexibility index (Phi) is 5.13. The predicted molar refractivity (Wildman–Crippen MR) is 112 cm³/mol. The summed E-state index contributed by atoms with van der Waals surface area (Å²) in [5.74, 6) is 1.39. The molecule has 0 amide bonds. The molecule has 1 N–H and O–H groups in total. The fraction of sp³-hybridized carbons (Fsp3) is 0.364. The highest BCUT2D eigenvalue weighted by atomic mass is 35.5. The number of hydrogen-bond donors (Lipinski definition) is 1. The molecule has 4 rings (SSSR count). The molecule has 0 saturated carbocycles. The van der Waals surface area contributed by atoms with Gasteiger partial charge in [-0.2, -0.15) is 0 Å². The minimum atomic E-state index is -1.27. The monoisotopic (exact) mass is 397 g/mol. The fourth-order valence-corrected chi connectivity index (χ4v) is 3.87. The Morgan fingerprint density at radius 3 is 2.43 bits per heavy atom. The molecule has 0 aliphatic carbocycles. The molecule has 3 aromatic rings. The molecule has 1 aliphatic heterocycles. The molecule has 5 nitrogen and oxygen atoms in total. The third-order valence-electron chi connectivity index (χ3n) is 5.41. The van der Waals surface area contributed by atoms with Crippen LogP contribution in [0, 0.1) is 0 Å². The maximum Gasteiger partial charge on any atom is 0.226 e. The van der Waals surface area contributed by atoms with Crippen molar-refractivity contribution in [1.29, 1.82) is 0 Å². The van der Waals surface area contributed by atoms with E-state index >= 15 is 0 Å². The molecule has 1 fully saturated rings. The van der Waals surface area contributed by atoms with Crippen LogP contribution in [0.25, 0.3) is 10.9 Å². The van der Waals surface area contributed by atoms with Crippen LogP contribution in [0.2, 0.25) is 0 Å². The minimum Gasteiger partial charge on any atom is -0.497 e. The quantitative estimate of drug-likeness (QED) is 0.671. The molecule has 1 aromatic heterocycles. The van der Waals surface area contributed by atoms with E-state index in [-0.39, 0.29) is 5.38 Å². The Hall–Kier alpha value is -2.37. The first-order valence-electron chi connectivity index (χ1n) is 9.52. The Morgan fingerprint density at radius 2 is 1.75 bits per heavy atom. The first-order chi connectivity index (χ1) is 13.5. The number of ether oxygens (including phenoxy) is 1. The third kappa shape index (κ3) is 3.52. The number of benzene rings is 2. The van der Waals surface area contributed by atoms with Crippen molar-refractivity contribution in [2.45, 2.75) is 30.7 Å². The molecule has 6 heteroatoms. The van der Waals surface area contributed by atoms with Crippen molar-refractivity contribution in [3.8, 4) is 5.75 Å². The zero-order valence-corrected chi connectivity index (χ0v) is 16.9. The van der Waals surface area contributed by atoms with Gasteiger partial charge in [-0.3, -0.25) is 0 Å². The molecule has 28 heavy (non-hydrogen) atoms. The Morgan fingerprint density at radius 1 is 1.07 bits per heavy atom. The summed E-state index contributed by atoms with van der Waals surface area (Å²) in [6, 6.07) is 15.2. The maximum atomic E-state index is 11.5. The van der Waals surface area contributed by atoms with Crippen molar-refractivity contribution >= 4 is 28.5 Å². The Labute approximate surface area is 169 Å². The third-order valence-corrected chi connectivity index (χ3v) is 5.85. The van der Waals surface area contributed by atoms with Crippen molar-refractivity contribution in [3.05, 3.63) is 59.8 Å². The number of aromatic nitrogens is 2. The molecule has 146 valence electrons. The fourth-order valence-electron chi connectivity index (χ4n) is 3.68. The average molecular weight is 398 g/mol. The van der Waals surface area contributed by atoms with Gasteiger partial charge in [0.1, 0.15) is 11.4 Å². The molecule has 1 aliphatic rings. The largest absolute Gasteiger partial charge is 0.497 e. The van der Waals surface area contributed by atoms with Gasteiger partial charge in [-0.25, -0.2) is 9.97 Å². The summed E-state index contributed by atoms with van der Waals surface area (Å²) < 4.78 is 5.24. The van der Waals surface area contributed by atoms with E-state index in [9.17, 15) is 5.11 Å². The standard InChI is InChI=1S/C22H24ClN3O2/c1-22(27,15-7-9-17(28-2)10-8-15)20-18-5-3-4-6-19(18)24-21(25-20)26-13-11-16(23)12-14-26/h3-10,16,27H,11-14H2,1-2H3. The van der Waals surface area contributed by atoms with E-state index < -0.39 is 5.60 Å². The number of fused-ring (bicyclic) bond motifs is 1. The average Bonchev–Trinajstić information content (AvgIpc) is 2.73. The zero-order chi connectivity index (χ0) is 19.7. The summed E-state index contributed by atoms with van der Waals surface area (Å²) in [4.78, 5) is 11.7. The van der Waals surface area contributed by atoms with Crippen LogP contribution in [0.15, 0.2) is 48.5 Å². The number of alkyl halides is 1. The summed E-state index contributed by atoms with van der Waals surface area (Å²) in [6.45, 7) is 3.41. The van der Waals surface area contributed by atoms with E-state index in [1.807, 2.05) is 48.5 Å². The molecular formula is C22H24ClN3O2. The van der Waals surface area contributed by atoms with Gasteiger partial charge in [0.2, 0.25) is 5.95 Å². The van der Waals surface area contributed by atoms with E-state index in [1.165, 1.54) is 0 Å². The molecular weight excluding hydrogens is 374 g/mol. The van der Waals surface area contributed by atoms with Crippen LogP contribution in [-0.4, -0.2) is 40.7 Å². The smallest absolute Gasteiger partial charge is 0.226 e. The van der Waals surface area contributed by atoms with Crippen LogP contribution in [0.1, 0.15) is 31.0 Å². The number of anilines is 1. The molecule has 0 radical (unpaired) electrons. The van der Waals surface area contributed by atoms with Gasteiger partial charge < -0.3 is 14.7 Å². The second-order valence-corrected chi connectivity index (χ2v) is 7.97. The summed E-state index contributed by atoms with van der Waals surface area (Å²) in [6.07, 6.45) is 1.81. The maximum absolute atomic E-state index is 11.5. The van der Waals surface area contributed by atoms with Crippen molar-refractivity contribution in [2.24, 2.45) is 0 Å². The summed E-state index contributed by atoms with van der Waals surface area (Å²) in [5, 5.41) is 12.6. The number of rotatable bonds is 4. The number of methoxy groups -OCH3 is 1. The first-order valence-corrected chi connectivity index (χ1v) is 9.96. The van der Waals surface area contributed by atoms with Crippen molar-refractivity contribution in [3.63, 3.8) is 0 Å². The highest BCUT2D eigenvalue weighted by molar-refractivity contribution is 6.20. The lowest BCUT2D eigenvalue weighted by molar-refractivity contribution is 0.0990. The highest BCUT2D eigenvalue weighted by Gasteiger charge is 2.31. The van der Waals surface area contributed by atoms with Crippen molar-refractivity contribution in [1.82, 2.24) is 9.97 Å². The second kappa shape index (κ2) is 7.57. The van der Waals surface area contributed by atoms with Gasteiger partial charge in [0.05, 0.1) is 18.3 Å². The first kappa shape index (κ1) is 19.0. The minimum absolute atomic E-state index is 0.207. The number of halogens is 1. The lowest BCUT2D eigenvalue weighted by atomic mass is 9.90. The molecule has 2 heterocycles. The van der Waals surface area contributed by atoms with Gasteiger partial charge in [0.25, 0.3) is 0 Å². The van der Waals surface area contributed by atoms with Gasteiger partial charge >= 0.3 is 0 Å². The summed E-state index contributed by atoms with van der Waals surface area (Å²) in [7, 11) is 1.63. The Balaban J connectivity index is 1.82. The lowest BCUT2D eigenvalue weighted by Crippen LogP contribution is -2.36. The van der Waals surface area contributed by atoms with Crippen LogP contribution in [0.3, 0.4) is 0 Å². The van der Waals surface area contributed by atoms with Gasteiger partial charge in [-0.15, -0.1) is 11.6 Å². The van der Waals surface area contributed by atoms with Crippen LogP contribution in [0.5, 0.6) is 5.75 Å². The predicted octanol–water partition coefficient (Wildman–Crippen LogP) is 4.10. The van der Waals surface area contributed by atoms with Gasteiger partial charge in [-0.05, 0) is 43.5 Å². The van der Waals surface area contributed by atoms with Crippen LogP contribution < -0.4 is 9.64 Å². The van der Waals surface area contributed by atoms with Crippen LogP contribution in [-0.2, 0) is 5.60 Å². The van der Waals surface area contributed by atoms with Crippen LogP contribution >= 0.6 is 11.6 Å². The van der Waals surface area contributed by atoms with E-state index in [1.54, 1.807) is 14.0 Å². The van der Waals surface area contributed by atoms with E-state index in [4.69, 9.17) is 26.3 Å². The van der Waals surface area contributed by atoms with Crippen LogP contribution in [0.4, 0.5) is 5.95 Å². The van der Waals surface area contributed by atoms with Gasteiger partial charge in [0.15, 0.2) is 0 Å². The molecule has 0 bridgehead atoms. The molecule has 1 atom stereocenters. The summed E-state index contributed by atoms with van der Waals surface area (Å²) in [5.41, 5.74) is 0.909. The topological polar surface area (TPSA) is 58.5 Å². The van der Waals surface area contributed by atoms with Crippen molar-refractivity contribution in [2.75, 3.05) is 25.1 Å². The van der Waals surface area contributed by atoms with E-state index in [0.29, 0.717) is 11.6 Å². The van der Waals surface area contributed by atoms with Gasteiger partial charge in [-0.1, -0.05) is 30.3 Å². The van der Waals surface area contributed by atoms with E-state index in [0.717, 1.165) is 48.1 Å². The molecule has 1 saturated heterocycles. The normalized spacial score (nSPS) is 17.5. The van der Waals surface area contributed by atoms with Gasteiger partial charge in [0, 0.05) is 23.9 Å². The second-order valence-electron chi connectivity index (χ2n) is 7.35. The van der Waals surface area contributed by atoms with Crippen molar-refractivity contribution < 1.29 is 9.84 Å². The number of para-hydroxylation sites is 1. The SMILES string of the molecule is COc1ccc(C(C)(O)c2nc(N3CCC(Cl)CC3)nc3ccccc23)cc1. The number of hydrogen-bond acceptors (Lipinski definition) is 5. The highest BCUT2D eigenvalue weighted by Crippen LogP contribution is 2.34. The molecule has 0 spiro atoms. The number of nitrogens with zero attached hydrogens (tertiary/aromatic N) is 3. The molecule has 2 aromatic carbocycles. The Bertz CT molecular complexity index is 967. The zero-order valence-electron chi connectivity index (χ0n) is 16.1. The van der Waals surface area contributed by atoms with E-state index in [2.05, 4.69) is 4.90 Å². The number of piperidine rings is 1. The lowest BCUT2D eigenvalue weighted by Gasteiger charge is -2.31. The summed E-state index contributed by atoms with van der Waals surface area (Å²) >= 11 is 6.26. The molecule has 1 unspecified atom stereocenters. The number of aliphatic hydroxyl groups is 1.